The second-order valence-corrected chi connectivity index (χ2v) is 6.98. The normalized spacial score (nSPS) is 17.3. The average molecular weight is 426 g/mol. The number of carbonyl (C=O) groups is 2. The summed E-state index contributed by atoms with van der Waals surface area (Å²) in [7, 11) is 1.45. The van der Waals surface area contributed by atoms with Crippen LogP contribution in [0.25, 0.3) is 11.5 Å². The van der Waals surface area contributed by atoms with Crippen LogP contribution in [0.15, 0.2) is 28.8 Å². The molecule has 8 nitrogen and oxygen atoms in total. The molecule has 1 atom stereocenters. The molecule has 1 aromatic carbocycles. The number of halogens is 3. The number of carbonyl (C=O) groups excluding carboxylic acids is 2. The number of alkyl halides is 3. The van der Waals surface area contributed by atoms with Crippen LogP contribution in [0.4, 0.5) is 13.2 Å². The lowest BCUT2D eigenvalue weighted by molar-refractivity contribution is -0.144. The van der Waals surface area contributed by atoms with Gasteiger partial charge in [0.15, 0.2) is 5.82 Å². The zero-order chi connectivity index (χ0) is 21.9. The van der Waals surface area contributed by atoms with Gasteiger partial charge in [0, 0.05) is 38.3 Å². The zero-order valence-electron chi connectivity index (χ0n) is 16.5. The molecular weight excluding hydrogens is 405 g/mol. The minimum atomic E-state index is -4.49. The van der Waals surface area contributed by atoms with E-state index < -0.39 is 11.7 Å². The summed E-state index contributed by atoms with van der Waals surface area (Å²) in [4.78, 5) is 31.9. The zero-order valence-corrected chi connectivity index (χ0v) is 16.5. The van der Waals surface area contributed by atoms with E-state index in [1.54, 1.807) is 9.80 Å². The molecule has 1 fully saturated rings. The van der Waals surface area contributed by atoms with Gasteiger partial charge >= 0.3 is 6.18 Å². The Kier molecular flexibility index (Phi) is 6.40. The van der Waals surface area contributed by atoms with Gasteiger partial charge in [-0.1, -0.05) is 11.2 Å². The van der Waals surface area contributed by atoms with E-state index in [0.29, 0.717) is 19.6 Å². The van der Waals surface area contributed by atoms with E-state index in [1.807, 2.05) is 6.92 Å². The Morgan fingerprint density at radius 3 is 2.70 bits per heavy atom. The summed E-state index contributed by atoms with van der Waals surface area (Å²) < 4.78 is 48.5. The Hall–Kier alpha value is -2.95. The first kappa shape index (κ1) is 21.8. The van der Waals surface area contributed by atoms with Crippen LogP contribution < -0.4 is 0 Å². The summed E-state index contributed by atoms with van der Waals surface area (Å²) in [5, 5.41) is 3.71. The molecule has 0 radical (unpaired) electrons. The van der Waals surface area contributed by atoms with Crippen molar-refractivity contribution in [1.82, 2.24) is 19.9 Å². The van der Waals surface area contributed by atoms with Crippen molar-refractivity contribution in [3.63, 3.8) is 0 Å². The fourth-order valence-electron chi connectivity index (χ4n) is 3.28. The molecule has 1 unspecified atom stereocenters. The summed E-state index contributed by atoms with van der Waals surface area (Å²) in [5.41, 5.74) is -0.708. The summed E-state index contributed by atoms with van der Waals surface area (Å²) in [6.45, 7) is 2.92. The highest BCUT2D eigenvalue weighted by atomic mass is 19.4. The third-order valence-corrected chi connectivity index (χ3v) is 4.78. The summed E-state index contributed by atoms with van der Waals surface area (Å²) in [6.07, 6.45) is -4.64. The van der Waals surface area contributed by atoms with Gasteiger partial charge in [-0.05, 0) is 25.1 Å². The van der Waals surface area contributed by atoms with E-state index in [-0.39, 0.29) is 48.2 Å². The van der Waals surface area contributed by atoms with Crippen molar-refractivity contribution in [3.05, 3.63) is 35.7 Å². The Morgan fingerprint density at radius 1 is 1.27 bits per heavy atom. The molecule has 1 aromatic heterocycles. The van der Waals surface area contributed by atoms with Crippen molar-refractivity contribution < 1.29 is 32.0 Å². The molecule has 0 aliphatic carbocycles. The first-order valence-corrected chi connectivity index (χ1v) is 9.25. The Labute approximate surface area is 170 Å². The molecule has 0 bridgehead atoms. The van der Waals surface area contributed by atoms with Crippen molar-refractivity contribution in [2.45, 2.75) is 25.6 Å². The van der Waals surface area contributed by atoms with E-state index in [9.17, 15) is 22.8 Å². The first-order chi connectivity index (χ1) is 14.2. The number of rotatable bonds is 5. The maximum atomic E-state index is 12.9. The molecular formula is C19H21F3N4O4. The Bertz CT molecular complexity index is 915. The molecule has 2 aromatic rings. The number of hydrogen-bond acceptors (Lipinski definition) is 6. The van der Waals surface area contributed by atoms with Crippen LogP contribution in [0.2, 0.25) is 0 Å². The highest BCUT2D eigenvalue weighted by Gasteiger charge is 2.32. The molecule has 0 spiro atoms. The minimum Gasteiger partial charge on any atom is -0.375 e. The van der Waals surface area contributed by atoms with Crippen LogP contribution in [-0.2, 0) is 26.9 Å². The number of ether oxygens (including phenoxy) is 1. The Morgan fingerprint density at radius 2 is 2.03 bits per heavy atom. The van der Waals surface area contributed by atoms with Gasteiger partial charge in [-0.2, -0.15) is 18.2 Å². The molecule has 2 heterocycles. The van der Waals surface area contributed by atoms with Crippen molar-refractivity contribution in [3.8, 4) is 11.5 Å². The number of nitrogens with zero attached hydrogens (tertiary/aromatic N) is 4. The quantitative estimate of drug-likeness (QED) is 0.727. The second kappa shape index (κ2) is 8.82. The third kappa shape index (κ3) is 4.96. The van der Waals surface area contributed by atoms with Gasteiger partial charge in [-0.25, -0.2) is 0 Å². The van der Waals surface area contributed by atoms with E-state index in [1.165, 1.54) is 19.2 Å². The second-order valence-electron chi connectivity index (χ2n) is 6.98. The summed E-state index contributed by atoms with van der Waals surface area (Å²) in [6, 6.07) is 4.36. The third-order valence-electron chi connectivity index (χ3n) is 4.78. The van der Waals surface area contributed by atoms with E-state index in [0.717, 1.165) is 12.1 Å². The van der Waals surface area contributed by atoms with Crippen molar-refractivity contribution in [2.75, 3.05) is 33.4 Å². The van der Waals surface area contributed by atoms with Gasteiger partial charge in [-0.15, -0.1) is 0 Å². The molecule has 30 heavy (non-hydrogen) atoms. The SMILES string of the molecule is COCC(=O)N1CCN(C(=O)Cc2noc(-c3cccc(C(F)(F)F)c3)n2)CC1C. The maximum absolute atomic E-state index is 12.9. The fourth-order valence-corrected chi connectivity index (χ4v) is 3.28. The molecule has 0 saturated carbocycles. The van der Waals surface area contributed by atoms with Crippen LogP contribution >= 0.6 is 0 Å². The standard InChI is InChI=1S/C19H21F3N4O4/c1-12-10-25(6-7-26(12)17(28)11-29-2)16(27)9-15-23-18(30-24-15)13-4-3-5-14(8-13)19(20,21)22/h3-5,8,12H,6-7,9-11H2,1-2H3. The molecule has 1 saturated heterocycles. The number of piperazine rings is 1. The maximum Gasteiger partial charge on any atom is 0.416 e. The molecule has 3 rings (SSSR count). The largest absolute Gasteiger partial charge is 0.416 e. The number of aromatic nitrogens is 2. The van der Waals surface area contributed by atoms with Crippen LogP contribution in [0.1, 0.15) is 18.3 Å². The highest BCUT2D eigenvalue weighted by Crippen LogP contribution is 2.31. The number of methoxy groups -OCH3 is 1. The fraction of sp³-hybridized carbons (Fsp3) is 0.474. The van der Waals surface area contributed by atoms with Crippen molar-refractivity contribution >= 4 is 11.8 Å². The predicted molar refractivity (Wildman–Crippen MR) is 98.1 cm³/mol. The lowest BCUT2D eigenvalue weighted by Gasteiger charge is -2.39. The van der Waals surface area contributed by atoms with Crippen LogP contribution in [0.5, 0.6) is 0 Å². The predicted octanol–water partition coefficient (Wildman–Crippen LogP) is 2.00. The van der Waals surface area contributed by atoms with Gasteiger partial charge in [0.25, 0.3) is 5.89 Å². The molecule has 2 amide bonds. The molecule has 162 valence electrons. The summed E-state index contributed by atoms with van der Waals surface area (Å²) >= 11 is 0. The van der Waals surface area contributed by atoms with E-state index >= 15 is 0 Å². The number of benzene rings is 1. The smallest absolute Gasteiger partial charge is 0.375 e. The summed E-state index contributed by atoms with van der Waals surface area (Å²) in [5.74, 6) is -0.400. The van der Waals surface area contributed by atoms with E-state index in [4.69, 9.17) is 9.26 Å². The Balaban J connectivity index is 1.63. The van der Waals surface area contributed by atoms with Crippen LogP contribution in [-0.4, -0.2) is 71.1 Å². The molecule has 1 aliphatic rings. The van der Waals surface area contributed by atoms with Gasteiger partial charge in [0.1, 0.15) is 6.61 Å². The minimum absolute atomic E-state index is 0.0144. The van der Waals surface area contributed by atoms with Crippen molar-refractivity contribution in [2.24, 2.45) is 0 Å². The number of hydrogen-bond donors (Lipinski definition) is 0. The molecule has 1 aliphatic heterocycles. The average Bonchev–Trinajstić information content (AvgIpc) is 3.16. The van der Waals surface area contributed by atoms with Gasteiger partial charge in [-0.3, -0.25) is 9.59 Å². The van der Waals surface area contributed by atoms with Crippen molar-refractivity contribution in [1.29, 1.82) is 0 Å². The van der Waals surface area contributed by atoms with Crippen LogP contribution in [0, 0.1) is 0 Å². The first-order valence-electron chi connectivity index (χ1n) is 9.25. The highest BCUT2D eigenvalue weighted by molar-refractivity contribution is 5.80. The number of amides is 2. The van der Waals surface area contributed by atoms with Gasteiger partial charge in [0.05, 0.1) is 12.0 Å². The van der Waals surface area contributed by atoms with E-state index in [2.05, 4.69) is 10.1 Å². The lowest BCUT2D eigenvalue weighted by Crippen LogP contribution is -2.56. The topological polar surface area (TPSA) is 88.8 Å². The van der Waals surface area contributed by atoms with Gasteiger partial charge < -0.3 is 19.1 Å². The molecule has 11 heteroatoms. The monoisotopic (exact) mass is 426 g/mol. The molecule has 0 N–H and O–H groups in total. The van der Waals surface area contributed by atoms with Crippen LogP contribution in [0.3, 0.4) is 0 Å². The van der Waals surface area contributed by atoms with Gasteiger partial charge in [0.2, 0.25) is 11.8 Å². The lowest BCUT2D eigenvalue weighted by atomic mass is 10.1.